The number of benzene rings is 1. The van der Waals surface area contributed by atoms with E-state index in [0.717, 1.165) is 0 Å². The Morgan fingerprint density at radius 3 is 2.47 bits per heavy atom. The quantitative estimate of drug-likeness (QED) is 0.604. The number of halogens is 1. The zero-order valence-electron chi connectivity index (χ0n) is 10.1. The molecule has 0 spiro atoms. The van der Waals surface area contributed by atoms with Gasteiger partial charge in [-0.3, -0.25) is 4.55 Å². The average Bonchev–Trinajstić information content (AvgIpc) is 2.28. The molecular weight excluding hydrogens is 314 g/mol. The maximum absolute atomic E-state index is 11.4. The number of sulfone groups is 1. The van der Waals surface area contributed by atoms with Crippen molar-refractivity contribution in [3.8, 4) is 0 Å². The Hall–Kier alpha value is -0.830. The first kappa shape index (κ1) is 16.2. The standard InChI is InChI=1S/C10H14ClNO5S2/c1-8(11)18(13,14)6-5-12-9-3-2-4-10(7-9)19(15,16)17/h2-4,7-8,12H,5-6H2,1H3,(H,15,16,17). The fourth-order valence-electron chi connectivity index (χ4n) is 1.27. The Kier molecular flexibility index (Phi) is 5.19. The van der Waals surface area contributed by atoms with Crippen LogP contribution in [0.5, 0.6) is 0 Å². The number of nitrogens with one attached hydrogen (secondary N) is 1. The molecule has 1 aromatic carbocycles. The van der Waals surface area contributed by atoms with Gasteiger partial charge >= 0.3 is 0 Å². The van der Waals surface area contributed by atoms with E-state index in [1.165, 1.54) is 25.1 Å². The van der Waals surface area contributed by atoms with Gasteiger partial charge in [0.2, 0.25) is 0 Å². The van der Waals surface area contributed by atoms with Crippen LogP contribution in [0.25, 0.3) is 0 Å². The minimum Gasteiger partial charge on any atom is -0.384 e. The maximum atomic E-state index is 11.4. The molecule has 6 nitrogen and oxygen atoms in total. The molecule has 1 atom stereocenters. The number of hydrogen-bond donors (Lipinski definition) is 2. The lowest BCUT2D eigenvalue weighted by Crippen LogP contribution is -2.21. The molecule has 0 aromatic heterocycles. The zero-order chi connectivity index (χ0) is 14.7. The molecule has 2 N–H and O–H groups in total. The maximum Gasteiger partial charge on any atom is 0.294 e. The second-order valence-electron chi connectivity index (χ2n) is 3.84. The first-order valence-electron chi connectivity index (χ1n) is 5.30. The zero-order valence-corrected chi connectivity index (χ0v) is 12.5. The van der Waals surface area contributed by atoms with Gasteiger partial charge in [-0.05, 0) is 25.1 Å². The first-order chi connectivity index (χ1) is 8.63. The fraction of sp³-hybridized carbons (Fsp3) is 0.400. The molecule has 1 rings (SSSR count). The molecule has 9 heteroatoms. The van der Waals surface area contributed by atoms with Gasteiger partial charge in [0.25, 0.3) is 10.1 Å². The summed E-state index contributed by atoms with van der Waals surface area (Å²) in [6.07, 6.45) is 0. The molecule has 0 aliphatic carbocycles. The molecule has 0 bridgehead atoms. The van der Waals surface area contributed by atoms with Crippen molar-refractivity contribution in [2.75, 3.05) is 17.6 Å². The summed E-state index contributed by atoms with van der Waals surface area (Å²) in [5.74, 6) is -0.173. The summed E-state index contributed by atoms with van der Waals surface area (Å²) in [6, 6.07) is 5.44. The molecule has 0 aliphatic heterocycles. The van der Waals surface area contributed by atoms with Crippen LogP contribution in [0.2, 0.25) is 0 Å². The molecular formula is C10H14ClNO5S2. The van der Waals surface area contributed by atoms with Crippen molar-refractivity contribution in [1.29, 1.82) is 0 Å². The van der Waals surface area contributed by atoms with Crippen LogP contribution in [0.3, 0.4) is 0 Å². The van der Waals surface area contributed by atoms with Crippen molar-refractivity contribution in [2.24, 2.45) is 0 Å². The summed E-state index contributed by atoms with van der Waals surface area (Å²) in [7, 11) is -7.64. The lowest BCUT2D eigenvalue weighted by molar-refractivity contribution is 0.483. The van der Waals surface area contributed by atoms with Crippen LogP contribution < -0.4 is 5.32 Å². The van der Waals surface area contributed by atoms with Crippen molar-refractivity contribution in [1.82, 2.24) is 0 Å². The van der Waals surface area contributed by atoms with Gasteiger partial charge in [0.05, 0.1) is 10.6 Å². The minimum absolute atomic E-state index is 0.0916. The van der Waals surface area contributed by atoms with Gasteiger partial charge in [0.15, 0.2) is 9.84 Å². The van der Waals surface area contributed by atoms with Gasteiger partial charge in [-0.2, -0.15) is 8.42 Å². The van der Waals surface area contributed by atoms with E-state index >= 15 is 0 Å². The minimum atomic E-state index is -4.27. The van der Waals surface area contributed by atoms with Crippen molar-refractivity contribution in [3.63, 3.8) is 0 Å². The van der Waals surface area contributed by atoms with Gasteiger partial charge in [0, 0.05) is 12.2 Å². The van der Waals surface area contributed by atoms with Crippen LogP contribution in [-0.4, -0.2) is 38.4 Å². The van der Waals surface area contributed by atoms with Crippen LogP contribution >= 0.6 is 11.6 Å². The van der Waals surface area contributed by atoms with E-state index in [-0.39, 0.29) is 17.2 Å². The van der Waals surface area contributed by atoms with Crippen molar-refractivity contribution in [2.45, 2.75) is 16.5 Å². The number of anilines is 1. The highest BCUT2D eigenvalue weighted by molar-refractivity contribution is 7.93. The van der Waals surface area contributed by atoms with Crippen molar-refractivity contribution < 1.29 is 21.4 Å². The molecule has 1 unspecified atom stereocenters. The number of rotatable bonds is 6. The summed E-state index contributed by atoms with van der Waals surface area (Å²) >= 11 is 5.51. The lowest BCUT2D eigenvalue weighted by atomic mass is 10.3. The van der Waals surface area contributed by atoms with Crippen molar-refractivity contribution >= 4 is 37.2 Å². The second kappa shape index (κ2) is 6.08. The monoisotopic (exact) mass is 327 g/mol. The lowest BCUT2D eigenvalue weighted by Gasteiger charge is -2.09. The third kappa shape index (κ3) is 4.98. The second-order valence-corrected chi connectivity index (χ2v) is 8.62. The molecule has 19 heavy (non-hydrogen) atoms. The van der Waals surface area contributed by atoms with Crippen LogP contribution in [0.15, 0.2) is 29.2 Å². The average molecular weight is 328 g/mol. The molecule has 0 heterocycles. The van der Waals surface area contributed by atoms with Gasteiger partial charge in [-0.1, -0.05) is 6.07 Å². The van der Waals surface area contributed by atoms with Gasteiger partial charge < -0.3 is 5.32 Å². The van der Waals surface area contributed by atoms with E-state index < -0.39 is 24.7 Å². The number of alkyl halides is 1. The Balaban J connectivity index is 2.70. The number of hydrogen-bond acceptors (Lipinski definition) is 5. The molecule has 108 valence electrons. The highest BCUT2D eigenvalue weighted by atomic mass is 35.5. The molecule has 0 saturated heterocycles. The van der Waals surface area contributed by atoms with Crippen LogP contribution in [0.1, 0.15) is 6.92 Å². The Morgan fingerprint density at radius 2 is 1.95 bits per heavy atom. The van der Waals surface area contributed by atoms with Crippen LogP contribution in [0.4, 0.5) is 5.69 Å². The summed E-state index contributed by atoms with van der Waals surface area (Å²) < 4.78 is 52.6. The van der Waals surface area contributed by atoms with E-state index in [2.05, 4.69) is 5.32 Å². The fourth-order valence-corrected chi connectivity index (χ4v) is 2.77. The SMILES string of the molecule is CC(Cl)S(=O)(=O)CCNc1cccc(S(=O)(=O)O)c1. The van der Waals surface area contributed by atoms with E-state index in [9.17, 15) is 16.8 Å². The largest absolute Gasteiger partial charge is 0.384 e. The van der Waals surface area contributed by atoms with Crippen LogP contribution in [0, 0.1) is 0 Å². The Bertz CT molecular complexity index is 640. The van der Waals surface area contributed by atoms with E-state index in [1.807, 2.05) is 0 Å². The smallest absolute Gasteiger partial charge is 0.294 e. The molecule has 0 radical (unpaired) electrons. The normalized spacial score (nSPS) is 14.1. The molecule has 0 amide bonds. The van der Waals surface area contributed by atoms with E-state index in [4.69, 9.17) is 16.2 Å². The Labute approximate surface area is 117 Å². The highest BCUT2D eigenvalue weighted by Crippen LogP contribution is 2.15. The topological polar surface area (TPSA) is 101 Å². The summed E-state index contributed by atoms with van der Waals surface area (Å²) in [5.41, 5.74) is 0.396. The predicted octanol–water partition coefficient (Wildman–Crippen LogP) is 1.34. The van der Waals surface area contributed by atoms with Gasteiger partial charge in [0.1, 0.15) is 4.71 Å². The summed E-state index contributed by atoms with van der Waals surface area (Å²) in [4.78, 5) is -0.258. The third-order valence-corrected chi connectivity index (χ3v) is 5.77. The van der Waals surface area contributed by atoms with E-state index in [1.54, 1.807) is 6.07 Å². The molecule has 0 saturated carbocycles. The molecule has 1 aromatic rings. The van der Waals surface area contributed by atoms with Crippen LogP contribution in [-0.2, 0) is 20.0 Å². The van der Waals surface area contributed by atoms with Gasteiger partial charge in [-0.15, -0.1) is 11.6 Å². The Morgan fingerprint density at radius 1 is 1.32 bits per heavy atom. The summed E-state index contributed by atoms with van der Waals surface area (Å²) in [5, 5.41) is 2.75. The molecule has 0 fully saturated rings. The van der Waals surface area contributed by atoms with E-state index in [0.29, 0.717) is 5.69 Å². The molecule has 0 aliphatic rings. The predicted molar refractivity (Wildman–Crippen MR) is 73.8 cm³/mol. The van der Waals surface area contributed by atoms with Gasteiger partial charge in [-0.25, -0.2) is 8.42 Å². The van der Waals surface area contributed by atoms with Crippen molar-refractivity contribution in [3.05, 3.63) is 24.3 Å². The summed E-state index contributed by atoms with van der Waals surface area (Å²) in [6.45, 7) is 1.46. The third-order valence-electron chi connectivity index (χ3n) is 2.34. The highest BCUT2D eigenvalue weighted by Gasteiger charge is 2.17. The first-order valence-corrected chi connectivity index (χ1v) is 8.89.